The van der Waals surface area contributed by atoms with Crippen molar-refractivity contribution in [3.63, 3.8) is 0 Å². The summed E-state index contributed by atoms with van der Waals surface area (Å²) in [6.07, 6.45) is 0. The topological polar surface area (TPSA) is 29.4 Å². The Labute approximate surface area is 133 Å². The van der Waals surface area contributed by atoms with E-state index in [2.05, 4.69) is 4.99 Å². The maximum Gasteiger partial charge on any atom is 0.212 e. The van der Waals surface area contributed by atoms with Crippen molar-refractivity contribution in [2.45, 2.75) is 13.6 Å². The second-order valence-electron chi connectivity index (χ2n) is 5.81. The number of Topliss-reactive ketones (excluding diaryl/α,β-unsaturated/α-hetero) is 1. The molecule has 3 heteroatoms. The van der Waals surface area contributed by atoms with E-state index in [-0.39, 0.29) is 5.78 Å². The fraction of sp³-hybridized carbons (Fsp3) is 0.100. The number of aryl methyl sites for hydroxylation is 1. The number of carbonyl (C=O) groups is 1. The highest BCUT2D eigenvalue weighted by Crippen LogP contribution is 2.32. The van der Waals surface area contributed by atoms with Gasteiger partial charge >= 0.3 is 0 Å². The van der Waals surface area contributed by atoms with Crippen LogP contribution in [0.25, 0.3) is 10.8 Å². The molecule has 2 nitrogen and oxygen atoms in total. The number of alkyl halides is 1. The van der Waals surface area contributed by atoms with Crippen molar-refractivity contribution in [3.05, 3.63) is 76.9 Å². The molecule has 0 spiro atoms. The first-order valence-corrected chi connectivity index (χ1v) is 7.49. The third kappa shape index (κ3) is 2.16. The Morgan fingerprint density at radius 1 is 1.00 bits per heavy atom. The summed E-state index contributed by atoms with van der Waals surface area (Å²) < 4.78 is 13.0. The Balaban J connectivity index is 1.93. The van der Waals surface area contributed by atoms with Gasteiger partial charge in [0.2, 0.25) is 5.78 Å². The molecule has 0 saturated carbocycles. The van der Waals surface area contributed by atoms with Crippen LogP contribution in [0.5, 0.6) is 0 Å². The van der Waals surface area contributed by atoms with Crippen molar-refractivity contribution in [1.82, 2.24) is 0 Å². The number of hydrogen-bond acceptors (Lipinski definition) is 2. The van der Waals surface area contributed by atoms with E-state index < -0.39 is 6.67 Å². The van der Waals surface area contributed by atoms with Crippen LogP contribution in [0.15, 0.2) is 59.6 Å². The number of halogens is 1. The molecule has 0 bridgehead atoms. The normalized spacial score (nSPS) is 14.9. The van der Waals surface area contributed by atoms with Crippen LogP contribution in [-0.2, 0) is 6.67 Å². The van der Waals surface area contributed by atoms with Crippen molar-refractivity contribution >= 4 is 28.0 Å². The third-order valence-corrected chi connectivity index (χ3v) is 4.14. The van der Waals surface area contributed by atoms with Gasteiger partial charge in [-0.25, -0.2) is 9.38 Å². The van der Waals surface area contributed by atoms with Crippen LogP contribution in [0.4, 0.5) is 10.1 Å². The van der Waals surface area contributed by atoms with E-state index in [4.69, 9.17) is 0 Å². The van der Waals surface area contributed by atoms with E-state index in [0.29, 0.717) is 22.5 Å². The first-order valence-electron chi connectivity index (χ1n) is 7.49. The summed E-state index contributed by atoms with van der Waals surface area (Å²) in [5.41, 5.74) is 4.10. The van der Waals surface area contributed by atoms with Crippen LogP contribution >= 0.6 is 0 Å². The average Bonchev–Trinajstić information content (AvgIpc) is 2.82. The number of aliphatic imine (C=N–C) groups is 1. The maximum absolute atomic E-state index is 13.0. The number of rotatable bonds is 2. The van der Waals surface area contributed by atoms with Gasteiger partial charge in [-0.05, 0) is 35.6 Å². The molecule has 0 N–H and O–H groups in total. The minimum Gasteiger partial charge on any atom is -0.287 e. The maximum atomic E-state index is 13.0. The molecule has 0 amide bonds. The van der Waals surface area contributed by atoms with Gasteiger partial charge in [0.15, 0.2) is 0 Å². The number of carbonyl (C=O) groups excluding carboxylic acids is 1. The van der Waals surface area contributed by atoms with E-state index in [1.54, 1.807) is 12.1 Å². The van der Waals surface area contributed by atoms with Gasteiger partial charge in [-0.2, -0.15) is 0 Å². The molecule has 0 aromatic heterocycles. The lowest BCUT2D eigenvalue weighted by atomic mass is 10.1. The number of benzene rings is 3. The minimum absolute atomic E-state index is 0.0693. The van der Waals surface area contributed by atoms with Gasteiger partial charge < -0.3 is 0 Å². The molecule has 1 aliphatic carbocycles. The summed E-state index contributed by atoms with van der Waals surface area (Å²) in [5.74, 6) is -0.0693. The first-order chi connectivity index (χ1) is 11.2. The smallest absolute Gasteiger partial charge is 0.212 e. The van der Waals surface area contributed by atoms with Crippen LogP contribution in [0.3, 0.4) is 0 Å². The molecule has 0 fully saturated rings. The molecule has 0 unspecified atom stereocenters. The quantitative estimate of drug-likeness (QED) is 0.659. The molecule has 0 aliphatic heterocycles. The predicted molar refractivity (Wildman–Crippen MR) is 90.5 cm³/mol. The predicted octanol–water partition coefficient (Wildman–Crippen LogP) is 4.93. The van der Waals surface area contributed by atoms with Gasteiger partial charge in [0, 0.05) is 16.5 Å². The zero-order chi connectivity index (χ0) is 16.0. The zero-order valence-corrected chi connectivity index (χ0v) is 12.6. The van der Waals surface area contributed by atoms with Gasteiger partial charge in [-0.3, -0.25) is 4.79 Å². The van der Waals surface area contributed by atoms with Crippen LogP contribution in [0.1, 0.15) is 27.0 Å². The van der Waals surface area contributed by atoms with Crippen molar-refractivity contribution < 1.29 is 9.18 Å². The molecule has 23 heavy (non-hydrogen) atoms. The SMILES string of the molecule is Cc1cc(CF)cc(N=C2C(=O)c3cccc4cccc2c34)c1. The summed E-state index contributed by atoms with van der Waals surface area (Å²) in [6.45, 7) is 1.36. The van der Waals surface area contributed by atoms with E-state index in [0.717, 1.165) is 21.9 Å². The fourth-order valence-electron chi connectivity index (χ4n) is 3.20. The summed E-state index contributed by atoms with van der Waals surface area (Å²) in [7, 11) is 0. The molecule has 0 saturated heterocycles. The van der Waals surface area contributed by atoms with Crippen LogP contribution in [-0.4, -0.2) is 11.5 Å². The molecular weight excluding hydrogens is 289 g/mol. The Kier molecular flexibility index (Phi) is 3.08. The lowest BCUT2D eigenvalue weighted by Crippen LogP contribution is -2.08. The van der Waals surface area contributed by atoms with Crippen LogP contribution in [0, 0.1) is 6.92 Å². The summed E-state index contributed by atoms with van der Waals surface area (Å²) in [6, 6.07) is 16.9. The Morgan fingerprint density at radius 2 is 1.74 bits per heavy atom. The van der Waals surface area contributed by atoms with E-state index in [1.165, 1.54) is 0 Å². The molecule has 0 atom stereocenters. The average molecular weight is 303 g/mol. The van der Waals surface area contributed by atoms with Crippen LogP contribution < -0.4 is 0 Å². The molecule has 1 aliphatic rings. The van der Waals surface area contributed by atoms with Gasteiger partial charge in [-0.15, -0.1) is 0 Å². The van der Waals surface area contributed by atoms with Crippen LogP contribution in [0.2, 0.25) is 0 Å². The summed E-state index contributed by atoms with van der Waals surface area (Å²) in [4.78, 5) is 17.3. The van der Waals surface area contributed by atoms with Gasteiger partial charge in [-0.1, -0.05) is 42.5 Å². The van der Waals surface area contributed by atoms with E-state index >= 15 is 0 Å². The largest absolute Gasteiger partial charge is 0.287 e. The highest BCUT2D eigenvalue weighted by Gasteiger charge is 2.28. The molecule has 112 valence electrons. The molecule has 3 aromatic carbocycles. The first kappa shape index (κ1) is 13.8. The fourth-order valence-corrected chi connectivity index (χ4v) is 3.20. The Hall–Kier alpha value is -2.81. The van der Waals surface area contributed by atoms with Crippen molar-refractivity contribution in [2.24, 2.45) is 4.99 Å². The van der Waals surface area contributed by atoms with Gasteiger partial charge in [0.05, 0.1) is 5.69 Å². The molecule has 4 rings (SSSR count). The molecule has 0 radical (unpaired) electrons. The van der Waals surface area contributed by atoms with E-state index in [1.807, 2.05) is 49.4 Å². The Bertz CT molecular complexity index is 983. The van der Waals surface area contributed by atoms with Gasteiger partial charge in [0.25, 0.3) is 0 Å². The highest BCUT2D eigenvalue weighted by atomic mass is 19.1. The number of hydrogen-bond donors (Lipinski definition) is 0. The standard InChI is InChI=1S/C20H14FNO/c1-12-8-13(11-21)10-15(9-12)22-19-16-6-2-4-14-5-3-7-17(18(14)16)20(19)23/h2-10H,11H2,1H3. The van der Waals surface area contributed by atoms with Crippen molar-refractivity contribution in [3.8, 4) is 0 Å². The second kappa shape index (κ2) is 5.13. The molecular formula is C20H14FNO. The summed E-state index contributed by atoms with van der Waals surface area (Å²) >= 11 is 0. The lowest BCUT2D eigenvalue weighted by Gasteiger charge is -2.03. The van der Waals surface area contributed by atoms with Crippen molar-refractivity contribution in [1.29, 1.82) is 0 Å². The number of nitrogens with zero attached hydrogens (tertiary/aromatic N) is 1. The Morgan fingerprint density at radius 3 is 2.48 bits per heavy atom. The van der Waals surface area contributed by atoms with Crippen molar-refractivity contribution in [2.75, 3.05) is 0 Å². The highest BCUT2D eigenvalue weighted by molar-refractivity contribution is 6.59. The zero-order valence-electron chi connectivity index (χ0n) is 12.6. The molecule has 3 aromatic rings. The van der Waals surface area contributed by atoms with Gasteiger partial charge in [0.1, 0.15) is 12.4 Å². The monoisotopic (exact) mass is 303 g/mol. The number of ketones is 1. The van der Waals surface area contributed by atoms with E-state index in [9.17, 15) is 9.18 Å². The lowest BCUT2D eigenvalue weighted by molar-refractivity contribution is 0.107. The molecule has 0 heterocycles. The minimum atomic E-state index is -0.538. The summed E-state index contributed by atoms with van der Waals surface area (Å²) in [5, 5.41) is 1.99. The second-order valence-corrected chi connectivity index (χ2v) is 5.81. The third-order valence-electron chi connectivity index (χ3n) is 4.14.